The van der Waals surface area contributed by atoms with Crippen LogP contribution in [0.4, 0.5) is 0 Å². The molecule has 330 valence electrons. The van der Waals surface area contributed by atoms with E-state index in [0.717, 1.165) is 97.8 Å². The molecule has 67 heavy (non-hydrogen) atoms. The molecule has 11 rings (SSSR count). The largest absolute Gasteiger partial charge is 0.456 e. The van der Waals surface area contributed by atoms with Crippen LogP contribution in [0.25, 0.3) is 55.7 Å². The van der Waals surface area contributed by atoms with Crippen LogP contribution in [-0.4, -0.2) is 15.0 Å². The summed E-state index contributed by atoms with van der Waals surface area (Å²) in [6, 6.07) is 47.4. The minimum atomic E-state index is -2.49. The Morgan fingerprint density at radius 1 is 0.507 bits per heavy atom. The van der Waals surface area contributed by atoms with Crippen LogP contribution in [0.2, 0.25) is 0 Å². The first-order valence-corrected chi connectivity index (χ1v) is 23.9. The van der Waals surface area contributed by atoms with Gasteiger partial charge in [0.1, 0.15) is 11.2 Å². The molecule has 2 aliphatic rings. The molecule has 0 radical (unpaired) electrons. The van der Waals surface area contributed by atoms with Crippen molar-refractivity contribution in [2.45, 2.75) is 101 Å². The minimum Gasteiger partial charge on any atom is -0.456 e. The van der Waals surface area contributed by atoms with E-state index in [4.69, 9.17) is 22.1 Å². The maximum absolute atomic E-state index is 9.89. The third kappa shape index (κ3) is 8.94. The summed E-state index contributed by atoms with van der Waals surface area (Å²) < 4.78 is 61.9. The van der Waals surface area contributed by atoms with E-state index in [1.165, 1.54) is 17.3 Å². The summed E-state index contributed by atoms with van der Waals surface area (Å²) in [6.07, 6.45) is 12.5. The molecule has 0 saturated heterocycles. The van der Waals surface area contributed by atoms with E-state index in [0.29, 0.717) is 46.0 Å². The molecule has 2 fully saturated rings. The fourth-order valence-electron chi connectivity index (χ4n) is 11.0. The van der Waals surface area contributed by atoms with Gasteiger partial charge in [0.05, 0.1) is 31.5 Å². The summed E-state index contributed by atoms with van der Waals surface area (Å²) in [5.74, 6) is 0. The Morgan fingerprint density at radius 3 is 1.58 bits per heavy atom. The zero-order chi connectivity index (χ0) is 50.4. The fourth-order valence-corrected chi connectivity index (χ4v) is 11.0. The van der Waals surface area contributed by atoms with Gasteiger partial charge in [-0.05, 0) is 139 Å². The van der Waals surface area contributed by atoms with Gasteiger partial charge >= 0.3 is 0 Å². The van der Waals surface area contributed by atoms with Crippen molar-refractivity contribution in [1.29, 1.82) is 5.26 Å². The van der Waals surface area contributed by atoms with Crippen molar-refractivity contribution in [3.05, 3.63) is 209 Å². The Hall–Kier alpha value is -7.16. The molecule has 2 saturated carbocycles. The number of aryl methyl sites for hydroxylation is 2. The molecule has 0 N–H and O–H groups in total. The number of benzene rings is 5. The number of rotatable bonds is 12. The number of furan rings is 1. The second-order valence-electron chi connectivity index (χ2n) is 18.8. The van der Waals surface area contributed by atoms with E-state index in [1.807, 2.05) is 66.7 Å². The van der Waals surface area contributed by atoms with Crippen molar-refractivity contribution in [2.24, 2.45) is 0 Å². The highest BCUT2D eigenvalue weighted by molar-refractivity contribution is 6.06. The lowest BCUT2D eigenvalue weighted by molar-refractivity contribution is 0.287. The van der Waals surface area contributed by atoms with Gasteiger partial charge in [0, 0.05) is 62.4 Å². The maximum atomic E-state index is 9.89. The number of pyridine rings is 3. The molecule has 5 heteroatoms. The molecule has 0 atom stereocenters. The molecule has 0 aliphatic heterocycles. The van der Waals surface area contributed by atoms with Crippen molar-refractivity contribution < 1.29 is 12.6 Å². The Bertz CT molecular complexity index is 3360. The smallest absolute Gasteiger partial charge is 0.136 e. The number of nitriles is 1. The van der Waals surface area contributed by atoms with Gasteiger partial charge in [-0.3, -0.25) is 15.0 Å². The fraction of sp³-hybridized carbons (Fsp3) is 0.258. The molecule has 0 unspecified atom stereocenters. The summed E-state index contributed by atoms with van der Waals surface area (Å²) in [4.78, 5) is 14.7. The first kappa shape index (κ1) is 36.0. The van der Waals surface area contributed by atoms with Gasteiger partial charge in [-0.25, -0.2) is 0 Å². The van der Waals surface area contributed by atoms with Crippen LogP contribution >= 0.6 is 0 Å². The second kappa shape index (κ2) is 18.6. The first-order valence-electron chi connectivity index (χ1n) is 26.9. The summed E-state index contributed by atoms with van der Waals surface area (Å²) in [5.41, 5.74) is 10.3. The summed E-state index contributed by atoms with van der Waals surface area (Å²) >= 11 is 0. The van der Waals surface area contributed by atoms with Crippen LogP contribution in [0.3, 0.4) is 0 Å². The molecule has 0 amide bonds. The average Bonchev–Trinajstić information content (AvgIpc) is 3.80. The lowest BCUT2D eigenvalue weighted by Crippen LogP contribution is -2.33. The van der Waals surface area contributed by atoms with Gasteiger partial charge in [-0.1, -0.05) is 136 Å². The van der Waals surface area contributed by atoms with Crippen LogP contribution in [0, 0.1) is 11.3 Å². The van der Waals surface area contributed by atoms with E-state index in [-0.39, 0.29) is 39.6 Å². The average molecular weight is 879 g/mol. The predicted molar refractivity (Wildman–Crippen MR) is 272 cm³/mol. The Balaban J connectivity index is 0.966. The molecule has 5 nitrogen and oxygen atoms in total. The van der Waals surface area contributed by atoms with Crippen LogP contribution < -0.4 is 0 Å². The van der Waals surface area contributed by atoms with Gasteiger partial charge < -0.3 is 4.42 Å². The van der Waals surface area contributed by atoms with E-state index in [1.54, 1.807) is 24.3 Å². The quantitative estimate of drug-likeness (QED) is 0.122. The van der Waals surface area contributed by atoms with E-state index >= 15 is 0 Å². The molecule has 4 aromatic heterocycles. The highest BCUT2D eigenvalue weighted by Crippen LogP contribution is 2.45. The molecular formula is C62H56N4O. The van der Waals surface area contributed by atoms with Gasteiger partial charge in [-0.15, -0.1) is 0 Å². The Morgan fingerprint density at radius 2 is 1.04 bits per heavy atom. The Kier molecular flexibility index (Phi) is 10.0. The topological polar surface area (TPSA) is 75.6 Å². The second-order valence-corrected chi connectivity index (χ2v) is 18.8. The standard InChI is InChI=1S/C62H56N4O/c63-40-46-19-24-54-55-37-51(21-28-59(55)67-60(54)36-46)58-25-20-44(41-64-58)17-18-45-33-47(38-61(29-9-3-10-30-61)52-22-26-56(65-42-52)49-13-5-1-6-14-49)35-48(34-45)39-62(31-11-4-12-32-62)53-23-27-57(66-43-53)50-15-7-2-8-16-50/h1-2,5-8,13-16,19-28,33-37,41-43H,3-4,9-12,17-18,29-32,38-39H2/i17D2,18D2,19D,36D. The molecule has 0 bridgehead atoms. The van der Waals surface area contributed by atoms with E-state index in [2.05, 4.69) is 67.0 Å². The highest BCUT2D eigenvalue weighted by atomic mass is 16.3. The van der Waals surface area contributed by atoms with Gasteiger partial charge in [-0.2, -0.15) is 5.26 Å². The number of fused-ring (bicyclic) bond motifs is 3. The van der Waals surface area contributed by atoms with E-state index < -0.39 is 12.7 Å². The highest BCUT2D eigenvalue weighted by Gasteiger charge is 2.37. The predicted octanol–water partition coefficient (Wildman–Crippen LogP) is 15.3. The number of hydrogen-bond donors (Lipinski definition) is 0. The van der Waals surface area contributed by atoms with Crippen LogP contribution in [-0.2, 0) is 36.4 Å². The summed E-state index contributed by atoms with van der Waals surface area (Å²) in [7, 11) is 0. The monoisotopic (exact) mass is 878 g/mol. The lowest BCUT2D eigenvalue weighted by atomic mass is 9.65. The van der Waals surface area contributed by atoms with Crippen molar-refractivity contribution in [2.75, 3.05) is 0 Å². The summed E-state index contributed by atoms with van der Waals surface area (Å²) in [6.45, 7) is 0. The van der Waals surface area contributed by atoms with Gasteiger partial charge in [0.2, 0.25) is 0 Å². The third-order valence-electron chi connectivity index (χ3n) is 14.5. The molecule has 4 heterocycles. The molecular weight excluding hydrogens is 817 g/mol. The van der Waals surface area contributed by atoms with Crippen molar-refractivity contribution in [3.8, 4) is 39.8 Å². The van der Waals surface area contributed by atoms with Crippen molar-refractivity contribution >= 4 is 21.9 Å². The summed E-state index contributed by atoms with van der Waals surface area (Å²) in [5, 5.41) is 10.8. The van der Waals surface area contributed by atoms with Crippen molar-refractivity contribution in [1.82, 2.24) is 15.0 Å². The zero-order valence-electron chi connectivity index (χ0n) is 43.7. The first-order chi connectivity index (χ1) is 35.4. The van der Waals surface area contributed by atoms with Crippen LogP contribution in [0.5, 0.6) is 0 Å². The number of nitrogens with zero attached hydrogens (tertiary/aromatic N) is 4. The van der Waals surface area contributed by atoms with Gasteiger partial charge in [0.25, 0.3) is 0 Å². The maximum Gasteiger partial charge on any atom is 0.136 e. The van der Waals surface area contributed by atoms with Gasteiger partial charge in [0.15, 0.2) is 0 Å². The van der Waals surface area contributed by atoms with E-state index in [9.17, 15) is 10.7 Å². The number of aromatic nitrogens is 3. The minimum absolute atomic E-state index is 0.0486. The van der Waals surface area contributed by atoms with Crippen LogP contribution in [0.15, 0.2) is 175 Å². The SMILES string of the molecule is [2H]c1cc2c(oc3ccc(-c4ccc(C([2H])([2H])C([2H])([2H])c5cc(CC6(c7ccc(-c8ccccc8)nc7)CCCCC6)cc(CC6(c7ccc(-c8ccccc8)nc7)CCCCC6)c5)cn4)cc32)c([2H])c1C#N. The molecule has 2 aliphatic carbocycles. The lowest BCUT2D eigenvalue weighted by Gasteiger charge is -2.39. The van der Waals surface area contributed by atoms with Crippen molar-refractivity contribution in [3.63, 3.8) is 0 Å². The molecule has 5 aromatic carbocycles. The molecule has 9 aromatic rings. The Labute approximate surface area is 403 Å². The molecule has 0 spiro atoms. The third-order valence-corrected chi connectivity index (χ3v) is 14.5. The number of hydrogen-bond acceptors (Lipinski definition) is 5. The normalized spacial score (nSPS) is 17.4. The van der Waals surface area contributed by atoms with Crippen LogP contribution in [0.1, 0.15) is 111 Å². The zero-order valence-corrected chi connectivity index (χ0v) is 37.7.